The zero-order valence-corrected chi connectivity index (χ0v) is 12.7. The SMILES string of the molecule is CCCNC(C)CCCCn1c(C)nc(C)cc1=O. The Bertz CT molecular complexity index is 440. The lowest BCUT2D eigenvalue weighted by Gasteiger charge is -2.13. The van der Waals surface area contributed by atoms with E-state index in [4.69, 9.17) is 0 Å². The molecule has 1 rings (SSSR count). The lowest BCUT2D eigenvalue weighted by Crippen LogP contribution is -2.27. The Labute approximate surface area is 116 Å². The molecule has 0 aliphatic heterocycles. The monoisotopic (exact) mass is 265 g/mol. The van der Waals surface area contributed by atoms with Gasteiger partial charge < -0.3 is 5.32 Å². The molecule has 1 aromatic rings. The molecule has 4 nitrogen and oxygen atoms in total. The van der Waals surface area contributed by atoms with Gasteiger partial charge in [-0.25, -0.2) is 4.98 Å². The zero-order valence-electron chi connectivity index (χ0n) is 12.7. The first kappa shape index (κ1) is 15.9. The van der Waals surface area contributed by atoms with Crippen molar-refractivity contribution in [2.75, 3.05) is 6.54 Å². The van der Waals surface area contributed by atoms with E-state index in [1.807, 2.05) is 13.8 Å². The average Bonchev–Trinajstić information content (AvgIpc) is 2.34. The molecule has 0 amide bonds. The first-order chi connectivity index (χ1) is 9.04. The minimum Gasteiger partial charge on any atom is -0.314 e. The third-order valence-corrected chi connectivity index (χ3v) is 3.34. The molecule has 1 unspecified atom stereocenters. The number of hydrogen-bond acceptors (Lipinski definition) is 3. The second kappa shape index (κ2) is 8.10. The van der Waals surface area contributed by atoms with E-state index in [2.05, 4.69) is 24.1 Å². The van der Waals surface area contributed by atoms with Crippen LogP contribution in [0.1, 0.15) is 51.0 Å². The Morgan fingerprint density at radius 3 is 2.74 bits per heavy atom. The van der Waals surface area contributed by atoms with Gasteiger partial charge in [0, 0.05) is 24.3 Å². The predicted molar refractivity (Wildman–Crippen MR) is 79.6 cm³/mol. The van der Waals surface area contributed by atoms with E-state index in [9.17, 15) is 4.79 Å². The van der Waals surface area contributed by atoms with E-state index < -0.39 is 0 Å². The van der Waals surface area contributed by atoms with Crippen LogP contribution in [0.15, 0.2) is 10.9 Å². The summed E-state index contributed by atoms with van der Waals surface area (Å²) < 4.78 is 1.77. The number of nitrogens with one attached hydrogen (secondary N) is 1. The van der Waals surface area contributed by atoms with Gasteiger partial charge in [-0.15, -0.1) is 0 Å². The van der Waals surface area contributed by atoms with Gasteiger partial charge in [0.05, 0.1) is 0 Å². The Morgan fingerprint density at radius 1 is 1.37 bits per heavy atom. The smallest absolute Gasteiger partial charge is 0.253 e. The minimum atomic E-state index is 0.0714. The van der Waals surface area contributed by atoms with Crippen molar-refractivity contribution in [3.05, 3.63) is 27.9 Å². The molecule has 0 radical (unpaired) electrons. The van der Waals surface area contributed by atoms with Gasteiger partial charge in [-0.2, -0.15) is 0 Å². The van der Waals surface area contributed by atoms with Crippen LogP contribution in [0.2, 0.25) is 0 Å². The molecule has 0 aromatic carbocycles. The largest absolute Gasteiger partial charge is 0.314 e. The van der Waals surface area contributed by atoms with Gasteiger partial charge in [0.2, 0.25) is 0 Å². The maximum absolute atomic E-state index is 11.8. The van der Waals surface area contributed by atoms with Gasteiger partial charge in [-0.3, -0.25) is 9.36 Å². The van der Waals surface area contributed by atoms with Crippen LogP contribution < -0.4 is 10.9 Å². The van der Waals surface area contributed by atoms with Gasteiger partial charge in [0.1, 0.15) is 5.82 Å². The summed E-state index contributed by atoms with van der Waals surface area (Å²) in [6.07, 6.45) is 4.50. The topological polar surface area (TPSA) is 46.9 Å². The van der Waals surface area contributed by atoms with E-state index in [1.165, 1.54) is 6.42 Å². The number of aromatic nitrogens is 2. The van der Waals surface area contributed by atoms with Crippen LogP contribution in [0, 0.1) is 13.8 Å². The maximum atomic E-state index is 11.8. The van der Waals surface area contributed by atoms with E-state index in [1.54, 1.807) is 10.6 Å². The van der Waals surface area contributed by atoms with Crippen LogP contribution in [0.25, 0.3) is 0 Å². The molecule has 4 heteroatoms. The second-order valence-electron chi connectivity index (χ2n) is 5.29. The summed E-state index contributed by atoms with van der Waals surface area (Å²) in [5.74, 6) is 0.821. The molecule has 0 saturated heterocycles. The summed E-state index contributed by atoms with van der Waals surface area (Å²) in [7, 11) is 0. The fourth-order valence-electron chi connectivity index (χ4n) is 2.25. The maximum Gasteiger partial charge on any atom is 0.253 e. The summed E-state index contributed by atoms with van der Waals surface area (Å²) in [5, 5.41) is 3.48. The summed E-state index contributed by atoms with van der Waals surface area (Å²) in [4.78, 5) is 16.2. The third-order valence-electron chi connectivity index (χ3n) is 3.34. The van der Waals surface area contributed by atoms with Crippen LogP contribution >= 0.6 is 0 Å². The molecule has 0 bridgehead atoms. The van der Waals surface area contributed by atoms with Crippen molar-refractivity contribution in [2.45, 2.75) is 66.0 Å². The molecule has 1 heterocycles. The van der Waals surface area contributed by atoms with Gasteiger partial charge >= 0.3 is 0 Å². The zero-order chi connectivity index (χ0) is 14.3. The molecule has 108 valence electrons. The Balaban J connectivity index is 2.36. The molecule has 0 fully saturated rings. The molecular formula is C15H27N3O. The van der Waals surface area contributed by atoms with Crippen molar-refractivity contribution >= 4 is 0 Å². The van der Waals surface area contributed by atoms with Crippen molar-refractivity contribution in [3.63, 3.8) is 0 Å². The summed E-state index contributed by atoms with van der Waals surface area (Å²) >= 11 is 0. The van der Waals surface area contributed by atoms with Crippen molar-refractivity contribution < 1.29 is 0 Å². The van der Waals surface area contributed by atoms with Crippen LogP contribution in [-0.4, -0.2) is 22.1 Å². The van der Waals surface area contributed by atoms with Crippen molar-refractivity contribution in [1.29, 1.82) is 0 Å². The molecule has 19 heavy (non-hydrogen) atoms. The Morgan fingerprint density at radius 2 is 2.11 bits per heavy atom. The van der Waals surface area contributed by atoms with Crippen molar-refractivity contribution in [1.82, 2.24) is 14.9 Å². The molecule has 0 aliphatic rings. The lowest BCUT2D eigenvalue weighted by atomic mass is 10.1. The Kier molecular flexibility index (Phi) is 6.78. The van der Waals surface area contributed by atoms with Gasteiger partial charge in [-0.05, 0) is 46.6 Å². The number of nitrogens with zero attached hydrogens (tertiary/aromatic N) is 2. The molecule has 1 atom stereocenters. The first-order valence-corrected chi connectivity index (χ1v) is 7.33. The summed E-state index contributed by atoms with van der Waals surface area (Å²) in [6, 6.07) is 2.17. The van der Waals surface area contributed by atoms with Crippen LogP contribution in [0.3, 0.4) is 0 Å². The van der Waals surface area contributed by atoms with E-state index in [0.29, 0.717) is 6.04 Å². The number of rotatable bonds is 8. The van der Waals surface area contributed by atoms with Crippen molar-refractivity contribution in [2.24, 2.45) is 0 Å². The predicted octanol–water partition coefficient (Wildman–Crippen LogP) is 2.42. The number of hydrogen-bond donors (Lipinski definition) is 1. The quantitative estimate of drug-likeness (QED) is 0.734. The van der Waals surface area contributed by atoms with Gasteiger partial charge in [0.15, 0.2) is 0 Å². The van der Waals surface area contributed by atoms with Crippen LogP contribution in [0.5, 0.6) is 0 Å². The minimum absolute atomic E-state index is 0.0714. The number of aryl methyl sites for hydroxylation is 2. The normalized spacial score (nSPS) is 12.6. The third kappa shape index (κ3) is 5.55. The molecular weight excluding hydrogens is 238 g/mol. The first-order valence-electron chi connectivity index (χ1n) is 7.33. The van der Waals surface area contributed by atoms with E-state index >= 15 is 0 Å². The van der Waals surface area contributed by atoms with Crippen LogP contribution in [-0.2, 0) is 6.54 Å². The number of unbranched alkanes of at least 4 members (excludes halogenated alkanes) is 1. The van der Waals surface area contributed by atoms with Crippen molar-refractivity contribution in [3.8, 4) is 0 Å². The summed E-state index contributed by atoms with van der Waals surface area (Å²) in [5.41, 5.74) is 0.873. The Hall–Kier alpha value is -1.16. The van der Waals surface area contributed by atoms with E-state index in [-0.39, 0.29) is 5.56 Å². The standard InChI is InChI=1S/C15H27N3O/c1-5-9-16-12(2)8-6-7-10-18-14(4)17-13(3)11-15(18)19/h11-12,16H,5-10H2,1-4H3. The highest BCUT2D eigenvalue weighted by Crippen LogP contribution is 2.03. The fraction of sp³-hybridized carbons (Fsp3) is 0.733. The van der Waals surface area contributed by atoms with Crippen LogP contribution in [0.4, 0.5) is 0 Å². The van der Waals surface area contributed by atoms with E-state index in [0.717, 1.165) is 43.9 Å². The summed E-state index contributed by atoms with van der Waals surface area (Å²) in [6.45, 7) is 10.0. The fourth-order valence-corrected chi connectivity index (χ4v) is 2.25. The lowest BCUT2D eigenvalue weighted by molar-refractivity contribution is 0.469. The van der Waals surface area contributed by atoms with Gasteiger partial charge in [0.25, 0.3) is 5.56 Å². The molecule has 1 N–H and O–H groups in total. The molecule has 0 saturated carbocycles. The highest BCUT2D eigenvalue weighted by molar-refractivity contribution is 5.01. The second-order valence-corrected chi connectivity index (χ2v) is 5.29. The molecule has 1 aromatic heterocycles. The van der Waals surface area contributed by atoms with Gasteiger partial charge in [-0.1, -0.05) is 13.3 Å². The highest BCUT2D eigenvalue weighted by Gasteiger charge is 2.04. The average molecular weight is 265 g/mol. The highest BCUT2D eigenvalue weighted by atomic mass is 16.1. The molecule has 0 spiro atoms. The molecule has 0 aliphatic carbocycles.